The largest absolute Gasteiger partial charge is 0.491 e. The first-order valence-electron chi connectivity index (χ1n) is 7.48. The monoisotopic (exact) mass is 301 g/mol. The first-order valence-corrected chi connectivity index (χ1v) is 7.48. The average Bonchev–Trinajstić information content (AvgIpc) is 2.54. The topological polar surface area (TPSA) is 52.9 Å². The Bertz CT molecular complexity index is 559. The number of hydrogen-bond donors (Lipinski definition) is 2. The van der Waals surface area contributed by atoms with Gasteiger partial charge in [0.05, 0.1) is 6.61 Å². The smallest absolute Gasteiger partial charge is 0.122 e. The first kappa shape index (κ1) is 16.3. The summed E-state index contributed by atoms with van der Waals surface area (Å²) < 4.78 is 5.67. The molecule has 2 aromatic carbocycles. The second-order valence-corrected chi connectivity index (χ2v) is 5.24. The van der Waals surface area contributed by atoms with Gasteiger partial charge in [-0.15, -0.1) is 0 Å². The Balaban J connectivity index is 1.91. The Morgan fingerprint density at radius 1 is 1.05 bits per heavy atom. The van der Waals surface area contributed by atoms with Gasteiger partial charge in [-0.2, -0.15) is 0 Å². The van der Waals surface area contributed by atoms with Crippen molar-refractivity contribution in [2.75, 3.05) is 31.2 Å². The van der Waals surface area contributed by atoms with Gasteiger partial charge >= 0.3 is 0 Å². The highest BCUT2D eigenvalue weighted by Gasteiger charge is 2.13. The minimum atomic E-state index is -0.633. The maximum Gasteiger partial charge on any atom is 0.122 e. The lowest BCUT2D eigenvalue weighted by Gasteiger charge is -2.26. The first-order chi connectivity index (χ1) is 10.7. The summed E-state index contributed by atoms with van der Waals surface area (Å²) in [5.74, 6) is 0.787. The molecule has 0 bridgehead atoms. The van der Waals surface area contributed by atoms with Gasteiger partial charge in [-0.1, -0.05) is 36.4 Å². The van der Waals surface area contributed by atoms with E-state index < -0.39 is 6.10 Å². The van der Waals surface area contributed by atoms with E-state index in [0.29, 0.717) is 13.1 Å². The van der Waals surface area contributed by atoms with E-state index in [0.717, 1.165) is 17.0 Å². The number of benzene rings is 2. The van der Waals surface area contributed by atoms with Crippen LogP contribution in [0.25, 0.3) is 0 Å². The highest BCUT2D eigenvalue weighted by molar-refractivity contribution is 5.46. The molecule has 2 N–H and O–H groups in total. The predicted molar refractivity (Wildman–Crippen MR) is 88.4 cm³/mol. The molecule has 0 aliphatic carbocycles. The van der Waals surface area contributed by atoms with Crippen molar-refractivity contribution in [3.8, 4) is 5.75 Å². The van der Waals surface area contributed by atoms with Crippen LogP contribution in [0.1, 0.15) is 5.56 Å². The van der Waals surface area contributed by atoms with E-state index in [9.17, 15) is 10.2 Å². The zero-order chi connectivity index (χ0) is 15.8. The number of aryl methyl sites for hydroxylation is 1. The van der Waals surface area contributed by atoms with Crippen LogP contribution in [0.15, 0.2) is 54.6 Å². The van der Waals surface area contributed by atoms with Crippen molar-refractivity contribution in [1.29, 1.82) is 0 Å². The maximum absolute atomic E-state index is 10.2. The molecule has 0 amide bonds. The number of aliphatic hydroxyl groups excluding tert-OH is 2. The normalized spacial score (nSPS) is 12.0. The van der Waals surface area contributed by atoms with Crippen LogP contribution >= 0.6 is 0 Å². The minimum Gasteiger partial charge on any atom is -0.491 e. The molecular weight excluding hydrogens is 278 g/mol. The lowest BCUT2D eigenvalue weighted by atomic mass is 10.2. The molecule has 0 aliphatic rings. The van der Waals surface area contributed by atoms with Crippen LogP contribution in [0.3, 0.4) is 0 Å². The SMILES string of the molecule is Cc1ccccc1OCC(O)CN(CCO)c1ccccc1. The van der Waals surface area contributed by atoms with Gasteiger partial charge in [-0.3, -0.25) is 0 Å². The van der Waals surface area contributed by atoms with Crippen molar-refractivity contribution in [3.05, 3.63) is 60.2 Å². The Kier molecular flexibility index (Phi) is 6.25. The van der Waals surface area contributed by atoms with Crippen molar-refractivity contribution >= 4 is 5.69 Å². The molecule has 2 rings (SSSR count). The number of ether oxygens (including phenoxy) is 1. The van der Waals surface area contributed by atoms with Crippen LogP contribution in [-0.4, -0.2) is 42.6 Å². The molecule has 0 saturated carbocycles. The molecule has 118 valence electrons. The van der Waals surface area contributed by atoms with E-state index >= 15 is 0 Å². The molecule has 22 heavy (non-hydrogen) atoms. The zero-order valence-corrected chi connectivity index (χ0v) is 12.9. The zero-order valence-electron chi connectivity index (χ0n) is 12.9. The number of anilines is 1. The summed E-state index contributed by atoms with van der Waals surface area (Å²) in [6.07, 6.45) is -0.633. The fourth-order valence-corrected chi connectivity index (χ4v) is 2.30. The Morgan fingerprint density at radius 2 is 1.73 bits per heavy atom. The van der Waals surface area contributed by atoms with Gasteiger partial charge in [0, 0.05) is 18.8 Å². The third kappa shape index (κ3) is 4.76. The van der Waals surface area contributed by atoms with Gasteiger partial charge in [0.15, 0.2) is 0 Å². The molecule has 0 aromatic heterocycles. The summed E-state index contributed by atoms with van der Waals surface area (Å²) in [5, 5.41) is 19.4. The molecule has 0 aliphatic heterocycles. The van der Waals surface area contributed by atoms with Crippen LogP contribution in [0.2, 0.25) is 0 Å². The summed E-state index contributed by atoms with van der Waals surface area (Å²) in [4.78, 5) is 1.95. The number of nitrogens with zero attached hydrogens (tertiary/aromatic N) is 1. The highest BCUT2D eigenvalue weighted by atomic mass is 16.5. The number of para-hydroxylation sites is 2. The highest BCUT2D eigenvalue weighted by Crippen LogP contribution is 2.17. The van der Waals surface area contributed by atoms with Crippen LogP contribution in [0, 0.1) is 6.92 Å². The van der Waals surface area contributed by atoms with E-state index in [1.807, 2.05) is 66.4 Å². The quantitative estimate of drug-likeness (QED) is 0.785. The standard InChI is InChI=1S/C18H23NO3/c1-15-7-5-6-10-18(15)22-14-17(21)13-19(11-12-20)16-8-3-2-4-9-16/h2-10,17,20-21H,11-14H2,1H3. The third-order valence-corrected chi connectivity index (χ3v) is 3.45. The fourth-order valence-electron chi connectivity index (χ4n) is 2.30. The molecule has 0 saturated heterocycles. The molecule has 0 spiro atoms. The average molecular weight is 301 g/mol. The number of rotatable bonds is 8. The van der Waals surface area contributed by atoms with Gasteiger partial charge in [0.25, 0.3) is 0 Å². The van der Waals surface area contributed by atoms with E-state index in [-0.39, 0.29) is 13.2 Å². The summed E-state index contributed by atoms with van der Waals surface area (Å²) in [7, 11) is 0. The molecule has 0 fully saturated rings. The fraction of sp³-hybridized carbons (Fsp3) is 0.333. The van der Waals surface area contributed by atoms with Crippen molar-refractivity contribution in [2.24, 2.45) is 0 Å². The molecule has 1 atom stereocenters. The minimum absolute atomic E-state index is 0.0419. The summed E-state index contributed by atoms with van der Waals surface area (Å²) >= 11 is 0. The Morgan fingerprint density at radius 3 is 2.41 bits per heavy atom. The third-order valence-electron chi connectivity index (χ3n) is 3.45. The van der Waals surface area contributed by atoms with Gasteiger partial charge in [0.1, 0.15) is 18.5 Å². The summed E-state index contributed by atoms with van der Waals surface area (Å²) in [6, 6.07) is 17.5. The molecule has 4 nitrogen and oxygen atoms in total. The Labute approximate surface area is 131 Å². The molecule has 0 radical (unpaired) electrons. The molecule has 4 heteroatoms. The molecule has 2 aromatic rings. The lowest BCUT2D eigenvalue weighted by Crippen LogP contribution is -2.37. The van der Waals surface area contributed by atoms with Crippen molar-refractivity contribution < 1.29 is 14.9 Å². The summed E-state index contributed by atoms with van der Waals surface area (Å²) in [6.45, 7) is 3.13. The molecular formula is C18H23NO3. The second kappa shape index (κ2) is 8.41. The maximum atomic E-state index is 10.2. The van der Waals surface area contributed by atoms with Crippen LogP contribution in [-0.2, 0) is 0 Å². The van der Waals surface area contributed by atoms with Gasteiger partial charge in [0.2, 0.25) is 0 Å². The number of aliphatic hydroxyl groups is 2. The number of hydrogen-bond acceptors (Lipinski definition) is 4. The van der Waals surface area contributed by atoms with Gasteiger partial charge in [-0.05, 0) is 30.7 Å². The molecule has 0 heterocycles. The van der Waals surface area contributed by atoms with E-state index in [2.05, 4.69) is 0 Å². The van der Waals surface area contributed by atoms with Crippen molar-refractivity contribution in [2.45, 2.75) is 13.0 Å². The summed E-state index contributed by atoms with van der Waals surface area (Å²) in [5.41, 5.74) is 2.02. The van der Waals surface area contributed by atoms with Crippen LogP contribution < -0.4 is 9.64 Å². The predicted octanol–water partition coefficient (Wildman–Crippen LogP) is 2.23. The second-order valence-electron chi connectivity index (χ2n) is 5.24. The van der Waals surface area contributed by atoms with Crippen LogP contribution in [0.5, 0.6) is 5.75 Å². The van der Waals surface area contributed by atoms with Crippen LogP contribution in [0.4, 0.5) is 5.69 Å². The van der Waals surface area contributed by atoms with E-state index in [4.69, 9.17) is 4.74 Å². The van der Waals surface area contributed by atoms with Crippen molar-refractivity contribution in [3.63, 3.8) is 0 Å². The van der Waals surface area contributed by atoms with E-state index in [1.165, 1.54) is 0 Å². The molecule has 1 unspecified atom stereocenters. The van der Waals surface area contributed by atoms with Gasteiger partial charge < -0.3 is 19.8 Å². The lowest BCUT2D eigenvalue weighted by molar-refractivity contribution is 0.111. The van der Waals surface area contributed by atoms with E-state index in [1.54, 1.807) is 0 Å². The van der Waals surface area contributed by atoms with Crippen molar-refractivity contribution in [1.82, 2.24) is 0 Å². The van der Waals surface area contributed by atoms with Gasteiger partial charge in [-0.25, -0.2) is 0 Å². The Hall–Kier alpha value is -2.04.